The highest BCUT2D eigenvalue weighted by molar-refractivity contribution is 14.0. The fraction of sp³-hybridized carbons (Fsp3) is 0.600. The van der Waals surface area contributed by atoms with Crippen LogP contribution in [0.3, 0.4) is 0 Å². The number of rotatable bonds is 7. The maximum atomic E-state index is 13.0. The summed E-state index contributed by atoms with van der Waals surface area (Å²) in [5, 5.41) is 6.29. The van der Waals surface area contributed by atoms with Gasteiger partial charge in [-0.05, 0) is 37.5 Å². The van der Waals surface area contributed by atoms with Crippen LogP contribution in [0.1, 0.15) is 25.3 Å². The van der Waals surface area contributed by atoms with E-state index in [1.54, 1.807) is 12.1 Å². The molecule has 2 rings (SSSR count). The van der Waals surface area contributed by atoms with Gasteiger partial charge in [-0.1, -0.05) is 12.1 Å². The Morgan fingerprint density at radius 2 is 1.84 bits per heavy atom. The third-order valence-electron chi connectivity index (χ3n) is 4.81. The minimum atomic E-state index is -4.43. The summed E-state index contributed by atoms with van der Waals surface area (Å²) in [6.45, 7) is 3.25. The largest absolute Gasteiger partial charge is 0.406 e. The molecule has 0 radical (unpaired) electrons. The smallest absolute Gasteiger partial charge is 0.357 e. The molecule has 176 valence electrons. The number of hydrogen-bond donors (Lipinski definition) is 2. The van der Waals surface area contributed by atoms with E-state index in [9.17, 15) is 22.4 Å². The number of amides is 1. The van der Waals surface area contributed by atoms with Gasteiger partial charge in [-0.25, -0.2) is 9.38 Å². The molecule has 6 nitrogen and oxygen atoms in total. The van der Waals surface area contributed by atoms with Crippen molar-refractivity contribution in [3.8, 4) is 0 Å². The molecule has 0 bridgehead atoms. The van der Waals surface area contributed by atoms with Crippen molar-refractivity contribution in [2.75, 3.05) is 39.8 Å². The van der Waals surface area contributed by atoms with E-state index in [1.165, 1.54) is 12.1 Å². The Morgan fingerprint density at radius 1 is 1.23 bits per heavy atom. The van der Waals surface area contributed by atoms with Gasteiger partial charge in [0.2, 0.25) is 5.91 Å². The van der Waals surface area contributed by atoms with Crippen LogP contribution in [0.15, 0.2) is 29.3 Å². The van der Waals surface area contributed by atoms with E-state index >= 15 is 0 Å². The molecule has 1 aromatic rings. The number of carbonyl (C=O) groups is 1. The van der Waals surface area contributed by atoms with Gasteiger partial charge in [-0.3, -0.25) is 9.69 Å². The highest BCUT2D eigenvalue weighted by atomic mass is 127. The van der Waals surface area contributed by atoms with Crippen LogP contribution in [0.2, 0.25) is 0 Å². The summed E-state index contributed by atoms with van der Waals surface area (Å²) in [4.78, 5) is 18.9. The Balaban J connectivity index is 0.00000480. The summed E-state index contributed by atoms with van der Waals surface area (Å²) < 4.78 is 50.2. The van der Waals surface area contributed by atoms with E-state index < -0.39 is 18.6 Å². The van der Waals surface area contributed by atoms with Gasteiger partial charge in [-0.2, -0.15) is 13.2 Å². The highest BCUT2D eigenvalue weighted by Crippen LogP contribution is 2.16. The van der Waals surface area contributed by atoms with Crippen molar-refractivity contribution in [2.45, 2.75) is 38.5 Å². The molecule has 0 atom stereocenters. The normalized spacial score (nSPS) is 15.9. The second-order valence-corrected chi connectivity index (χ2v) is 7.38. The summed E-state index contributed by atoms with van der Waals surface area (Å²) in [5.41, 5.74) is 1.05. The molecule has 0 spiro atoms. The third kappa shape index (κ3) is 10.5. The van der Waals surface area contributed by atoms with Crippen molar-refractivity contribution >= 4 is 35.8 Å². The fourth-order valence-electron chi connectivity index (χ4n) is 3.22. The number of likely N-dealkylation sites (N-methyl/N-ethyl adjacent to an activating group) is 1. The van der Waals surface area contributed by atoms with Crippen LogP contribution in [-0.2, 0) is 11.3 Å². The van der Waals surface area contributed by atoms with Gasteiger partial charge in [-0.15, -0.1) is 24.0 Å². The number of piperidine rings is 1. The number of nitrogens with one attached hydrogen (secondary N) is 2. The van der Waals surface area contributed by atoms with E-state index in [0.29, 0.717) is 17.4 Å². The first-order valence-corrected chi connectivity index (χ1v) is 9.98. The van der Waals surface area contributed by atoms with Crippen molar-refractivity contribution in [1.82, 2.24) is 20.4 Å². The zero-order valence-electron chi connectivity index (χ0n) is 17.7. The molecule has 31 heavy (non-hydrogen) atoms. The standard InChI is InChI=1S/C20H29F4N5O.HI/c1-3-25-19(26-12-18(30)28(2)14-20(22,23)24)27-17-8-10-29(11-9-17)13-15-4-6-16(21)7-5-15;/h4-7,17H,3,8-14H2,1-2H3,(H2,25,26,27);1H. The van der Waals surface area contributed by atoms with Gasteiger partial charge in [0.05, 0.1) is 0 Å². The predicted molar refractivity (Wildman–Crippen MR) is 123 cm³/mol. The first-order valence-electron chi connectivity index (χ1n) is 9.98. The maximum Gasteiger partial charge on any atom is 0.406 e. The van der Waals surface area contributed by atoms with Crippen LogP contribution in [0.5, 0.6) is 0 Å². The Bertz CT molecular complexity index is 707. The van der Waals surface area contributed by atoms with Crippen LogP contribution < -0.4 is 10.6 Å². The Labute approximate surface area is 197 Å². The zero-order chi connectivity index (χ0) is 22.1. The number of likely N-dealkylation sites (tertiary alicyclic amines) is 1. The molecule has 1 aromatic carbocycles. The highest BCUT2D eigenvalue weighted by Gasteiger charge is 2.31. The number of nitrogens with zero attached hydrogens (tertiary/aromatic N) is 3. The van der Waals surface area contributed by atoms with Crippen LogP contribution in [-0.4, -0.2) is 73.7 Å². The molecule has 1 fully saturated rings. The zero-order valence-corrected chi connectivity index (χ0v) is 20.0. The number of halogens is 5. The summed E-state index contributed by atoms with van der Waals surface area (Å²) in [5.74, 6) is -0.526. The van der Waals surface area contributed by atoms with Crippen LogP contribution >= 0.6 is 24.0 Å². The Morgan fingerprint density at radius 3 is 2.39 bits per heavy atom. The average Bonchev–Trinajstić information content (AvgIpc) is 2.68. The monoisotopic (exact) mass is 559 g/mol. The average molecular weight is 559 g/mol. The minimum Gasteiger partial charge on any atom is -0.357 e. The Kier molecular flexibility index (Phi) is 11.5. The summed E-state index contributed by atoms with van der Waals surface area (Å²) in [6, 6.07) is 6.62. The van der Waals surface area contributed by atoms with Crippen molar-refractivity contribution in [3.05, 3.63) is 35.6 Å². The van der Waals surface area contributed by atoms with E-state index in [4.69, 9.17) is 0 Å². The van der Waals surface area contributed by atoms with Crippen molar-refractivity contribution in [1.29, 1.82) is 0 Å². The minimum absolute atomic E-state index is 0. The summed E-state index contributed by atoms with van der Waals surface area (Å²) in [6.07, 6.45) is -2.72. The van der Waals surface area contributed by atoms with Gasteiger partial charge in [0.1, 0.15) is 18.9 Å². The van der Waals surface area contributed by atoms with Gasteiger partial charge in [0, 0.05) is 39.3 Å². The van der Waals surface area contributed by atoms with E-state index in [0.717, 1.165) is 45.1 Å². The first kappa shape index (κ1) is 27.4. The van der Waals surface area contributed by atoms with Gasteiger partial charge in [0.15, 0.2) is 5.96 Å². The van der Waals surface area contributed by atoms with Gasteiger partial charge < -0.3 is 15.5 Å². The number of benzene rings is 1. The second kappa shape index (κ2) is 13.0. The van der Waals surface area contributed by atoms with E-state index in [-0.39, 0.29) is 42.4 Å². The number of guanidine groups is 1. The number of aliphatic imine (C=N–C) groups is 1. The van der Waals surface area contributed by atoms with E-state index in [1.807, 2.05) is 6.92 Å². The lowest BCUT2D eigenvalue weighted by Gasteiger charge is -2.33. The molecule has 1 heterocycles. The summed E-state index contributed by atoms with van der Waals surface area (Å²) in [7, 11) is 1.11. The lowest BCUT2D eigenvalue weighted by atomic mass is 10.0. The van der Waals surface area contributed by atoms with Crippen LogP contribution in [0, 0.1) is 5.82 Å². The Hall–Kier alpha value is -1.63. The first-order chi connectivity index (χ1) is 14.2. The van der Waals surface area contributed by atoms with Gasteiger partial charge >= 0.3 is 6.18 Å². The molecule has 1 aliphatic heterocycles. The molecule has 0 aliphatic carbocycles. The lowest BCUT2D eigenvalue weighted by Crippen LogP contribution is -2.49. The number of hydrogen-bond acceptors (Lipinski definition) is 3. The molecule has 2 N–H and O–H groups in total. The molecular formula is C20H30F4IN5O. The number of alkyl halides is 3. The van der Waals surface area contributed by atoms with E-state index in [2.05, 4.69) is 20.5 Å². The SMILES string of the molecule is CCNC(=NCC(=O)N(C)CC(F)(F)F)NC1CCN(Cc2ccc(F)cc2)CC1.I. The molecule has 0 aromatic heterocycles. The second-order valence-electron chi connectivity index (χ2n) is 7.38. The lowest BCUT2D eigenvalue weighted by molar-refractivity contribution is -0.157. The van der Waals surface area contributed by atoms with Crippen LogP contribution in [0.4, 0.5) is 17.6 Å². The topological polar surface area (TPSA) is 60.0 Å². The molecule has 11 heteroatoms. The fourth-order valence-corrected chi connectivity index (χ4v) is 3.22. The predicted octanol–water partition coefficient (Wildman–Crippen LogP) is 2.98. The quantitative estimate of drug-likeness (QED) is 0.234. The molecule has 1 amide bonds. The molecule has 0 saturated carbocycles. The summed E-state index contributed by atoms with van der Waals surface area (Å²) >= 11 is 0. The third-order valence-corrected chi connectivity index (χ3v) is 4.81. The van der Waals surface area contributed by atoms with Crippen molar-refractivity contribution in [3.63, 3.8) is 0 Å². The molecule has 1 aliphatic rings. The molecule has 1 saturated heterocycles. The van der Waals surface area contributed by atoms with Crippen molar-refractivity contribution < 1.29 is 22.4 Å². The van der Waals surface area contributed by atoms with Gasteiger partial charge in [0.25, 0.3) is 0 Å². The molecule has 0 unspecified atom stereocenters. The molecular weight excluding hydrogens is 529 g/mol. The van der Waals surface area contributed by atoms with Crippen LogP contribution in [0.25, 0.3) is 0 Å². The number of carbonyl (C=O) groups excluding carboxylic acids is 1. The maximum absolute atomic E-state index is 13.0. The van der Waals surface area contributed by atoms with Crippen molar-refractivity contribution in [2.24, 2.45) is 4.99 Å².